The Morgan fingerprint density at radius 2 is 1.72 bits per heavy atom. The Kier molecular flexibility index (Phi) is 5.69. The first-order valence-electron chi connectivity index (χ1n) is 7.40. The fraction of sp³-hybridized carbons (Fsp3) is 0.625. The van der Waals surface area contributed by atoms with Gasteiger partial charge >= 0.3 is 0 Å². The lowest BCUT2D eigenvalue weighted by Gasteiger charge is -2.22. The molecule has 2 rings (SSSR count). The third kappa shape index (κ3) is 4.11. The molecule has 100 valence electrons. The predicted molar refractivity (Wildman–Crippen MR) is 77.9 cm³/mol. The summed E-state index contributed by atoms with van der Waals surface area (Å²) in [5.74, 6) is 0.822. The Balaban J connectivity index is 1.81. The number of benzene rings is 1. The van der Waals surface area contributed by atoms with E-state index in [2.05, 4.69) is 29.6 Å². The lowest BCUT2D eigenvalue weighted by atomic mass is 9.84. The predicted octanol–water partition coefficient (Wildman–Crippen LogP) is 2.83. The summed E-state index contributed by atoms with van der Waals surface area (Å²) >= 11 is 0. The molecule has 3 N–H and O–H groups in total. The largest absolute Gasteiger partial charge is 0.329 e. The molecule has 0 radical (unpaired) electrons. The van der Waals surface area contributed by atoms with Crippen LogP contribution in [-0.4, -0.2) is 19.6 Å². The molecular weight excluding hydrogens is 220 g/mol. The van der Waals surface area contributed by atoms with Gasteiger partial charge in [-0.15, -0.1) is 0 Å². The molecule has 0 amide bonds. The van der Waals surface area contributed by atoms with E-state index in [1.165, 1.54) is 37.7 Å². The third-order valence-corrected chi connectivity index (χ3v) is 3.97. The molecule has 2 nitrogen and oxygen atoms in total. The highest BCUT2D eigenvalue weighted by molar-refractivity contribution is 5.25. The second kappa shape index (κ2) is 7.55. The normalized spacial score (nSPS) is 16.9. The van der Waals surface area contributed by atoms with Crippen LogP contribution >= 0.6 is 0 Å². The van der Waals surface area contributed by atoms with Gasteiger partial charge in [-0.2, -0.15) is 0 Å². The molecule has 0 saturated heterocycles. The maximum Gasteiger partial charge on any atom is 0.00746 e. The standard InChI is InChI=1S/C16H26N2/c17-11-13-18-12-10-14-6-8-16(9-7-14)15-4-2-1-3-5-15/h6-9,15,18H,1-5,10-13,17H2. The van der Waals surface area contributed by atoms with Gasteiger partial charge in [-0.05, 0) is 42.9 Å². The van der Waals surface area contributed by atoms with Crippen LogP contribution in [0.15, 0.2) is 24.3 Å². The first-order chi connectivity index (χ1) is 8.90. The summed E-state index contributed by atoms with van der Waals surface area (Å²) in [5, 5.41) is 3.34. The summed E-state index contributed by atoms with van der Waals surface area (Å²) in [6.07, 6.45) is 8.13. The number of rotatable bonds is 6. The fourth-order valence-corrected chi connectivity index (χ4v) is 2.85. The number of nitrogens with two attached hydrogens (primary N) is 1. The molecule has 1 aromatic carbocycles. The summed E-state index contributed by atoms with van der Waals surface area (Å²) in [5.41, 5.74) is 8.43. The first-order valence-corrected chi connectivity index (χ1v) is 7.40. The fourth-order valence-electron chi connectivity index (χ4n) is 2.85. The van der Waals surface area contributed by atoms with E-state index in [1.54, 1.807) is 5.56 Å². The van der Waals surface area contributed by atoms with E-state index in [0.29, 0.717) is 0 Å². The molecule has 1 aliphatic rings. The van der Waals surface area contributed by atoms with Crippen LogP contribution in [0.1, 0.15) is 49.1 Å². The summed E-state index contributed by atoms with van der Waals surface area (Å²) in [7, 11) is 0. The minimum Gasteiger partial charge on any atom is -0.329 e. The monoisotopic (exact) mass is 246 g/mol. The lowest BCUT2D eigenvalue weighted by Crippen LogP contribution is -2.24. The first kappa shape index (κ1) is 13.6. The highest BCUT2D eigenvalue weighted by Crippen LogP contribution is 2.32. The van der Waals surface area contributed by atoms with Gasteiger partial charge in [0, 0.05) is 13.1 Å². The van der Waals surface area contributed by atoms with Crippen molar-refractivity contribution in [3.63, 3.8) is 0 Å². The minimum absolute atomic E-state index is 0.723. The van der Waals surface area contributed by atoms with E-state index in [-0.39, 0.29) is 0 Å². The average Bonchev–Trinajstić information content (AvgIpc) is 2.45. The summed E-state index contributed by atoms with van der Waals surface area (Å²) < 4.78 is 0. The molecule has 0 aromatic heterocycles. The molecule has 1 aliphatic carbocycles. The highest BCUT2D eigenvalue weighted by atomic mass is 14.9. The Bertz CT molecular complexity index is 325. The van der Waals surface area contributed by atoms with Crippen molar-refractivity contribution in [3.05, 3.63) is 35.4 Å². The van der Waals surface area contributed by atoms with Crippen LogP contribution in [0.4, 0.5) is 0 Å². The average molecular weight is 246 g/mol. The summed E-state index contributed by atoms with van der Waals surface area (Å²) in [4.78, 5) is 0. The highest BCUT2D eigenvalue weighted by Gasteiger charge is 2.14. The Labute approximate surface area is 111 Å². The second-order valence-corrected chi connectivity index (χ2v) is 5.37. The van der Waals surface area contributed by atoms with Crippen LogP contribution in [0.3, 0.4) is 0 Å². The Hall–Kier alpha value is -0.860. The van der Waals surface area contributed by atoms with Crippen LogP contribution in [-0.2, 0) is 6.42 Å². The number of hydrogen-bond donors (Lipinski definition) is 2. The molecule has 0 spiro atoms. The van der Waals surface area contributed by atoms with Gasteiger partial charge in [0.1, 0.15) is 0 Å². The van der Waals surface area contributed by atoms with Gasteiger partial charge in [-0.1, -0.05) is 43.5 Å². The zero-order valence-corrected chi connectivity index (χ0v) is 11.3. The summed E-state index contributed by atoms with van der Waals surface area (Å²) in [6, 6.07) is 9.28. The third-order valence-electron chi connectivity index (χ3n) is 3.97. The molecule has 2 heteroatoms. The zero-order chi connectivity index (χ0) is 12.6. The molecule has 1 aromatic rings. The molecule has 0 heterocycles. The van der Waals surface area contributed by atoms with E-state index < -0.39 is 0 Å². The molecule has 0 atom stereocenters. The minimum atomic E-state index is 0.723. The molecule has 18 heavy (non-hydrogen) atoms. The molecule has 0 bridgehead atoms. The molecule has 1 saturated carbocycles. The van der Waals surface area contributed by atoms with Gasteiger partial charge in [0.05, 0.1) is 0 Å². The Morgan fingerprint density at radius 3 is 2.39 bits per heavy atom. The SMILES string of the molecule is NCCNCCc1ccc(C2CCCCC2)cc1. The van der Waals surface area contributed by atoms with E-state index >= 15 is 0 Å². The maximum atomic E-state index is 5.45. The van der Waals surface area contributed by atoms with E-state index in [1.807, 2.05) is 0 Å². The van der Waals surface area contributed by atoms with Gasteiger partial charge in [0.2, 0.25) is 0 Å². The second-order valence-electron chi connectivity index (χ2n) is 5.37. The summed E-state index contributed by atoms with van der Waals surface area (Å²) in [6.45, 7) is 2.67. The number of hydrogen-bond acceptors (Lipinski definition) is 2. The molecule has 0 unspecified atom stereocenters. The van der Waals surface area contributed by atoms with Crippen molar-refractivity contribution < 1.29 is 0 Å². The maximum absolute atomic E-state index is 5.45. The van der Waals surface area contributed by atoms with Crippen LogP contribution in [0.2, 0.25) is 0 Å². The van der Waals surface area contributed by atoms with Crippen molar-refractivity contribution in [3.8, 4) is 0 Å². The van der Waals surface area contributed by atoms with Gasteiger partial charge < -0.3 is 11.1 Å². The zero-order valence-electron chi connectivity index (χ0n) is 11.3. The Morgan fingerprint density at radius 1 is 1.00 bits per heavy atom. The number of nitrogens with one attached hydrogen (secondary N) is 1. The quantitative estimate of drug-likeness (QED) is 0.758. The van der Waals surface area contributed by atoms with Crippen LogP contribution in [0, 0.1) is 0 Å². The van der Waals surface area contributed by atoms with Crippen LogP contribution in [0.25, 0.3) is 0 Å². The van der Waals surface area contributed by atoms with E-state index in [9.17, 15) is 0 Å². The van der Waals surface area contributed by atoms with Crippen molar-refractivity contribution in [2.24, 2.45) is 5.73 Å². The molecular formula is C16H26N2. The smallest absolute Gasteiger partial charge is 0.00746 e. The van der Waals surface area contributed by atoms with E-state index in [4.69, 9.17) is 5.73 Å². The van der Waals surface area contributed by atoms with Crippen molar-refractivity contribution in [1.29, 1.82) is 0 Å². The van der Waals surface area contributed by atoms with Crippen LogP contribution < -0.4 is 11.1 Å². The van der Waals surface area contributed by atoms with Crippen molar-refractivity contribution in [1.82, 2.24) is 5.32 Å². The van der Waals surface area contributed by atoms with Crippen molar-refractivity contribution >= 4 is 0 Å². The lowest BCUT2D eigenvalue weighted by molar-refractivity contribution is 0.443. The van der Waals surface area contributed by atoms with E-state index in [0.717, 1.165) is 32.0 Å². The van der Waals surface area contributed by atoms with Gasteiger partial charge in [-0.3, -0.25) is 0 Å². The van der Waals surface area contributed by atoms with Gasteiger partial charge in [0.15, 0.2) is 0 Å². The van der Waals surface area contributed by atoms with Gasteiger partial charge in [0.25, 0.3) is 0 Å². The van der Waals surface area contributed by atoms with Gasteiger partial charge in [-0.25, -0.2) is 0 Å². The topological polar surface area (TPSA) is 38.0 Å². The molecule has 0 aliphatic heterocycles. The molecule has 1 fully saturated rings. The van der Waals surface area contributed by atoms with Crippen molar-refractivity contribution in [2.75, 3.05) is 19.6 Å². The van der Waals surface area contributed by atoms with Crippen molar-refractivity contribution in [2.45, 2.75) is 44.4 Å². The van der Waals surface area contributed by atoms with Crippen LogP contribution in [0.5, 0.6) is 0 Å².